The minimum atomic E-state index is -1.14. The van der Waals surface area contributed by atoms with Crippen LogP contribution in [0.5, 0.6) is 5.75 Å². The summed E-state index contributed by atoms with van der Waals surface area (Å²) in [5.41, 5.74) is 0.0357. The summed E-state index contributed by atoms with van der Waals surface area (Å²) in [6.45, 7) is 1.66. The Bertz CT molecular complexity index is 1920. The van der Waals surface area contributed by atoms with Gasteiger partial charge in [-0.05, 0) is 60.4 Å². The van der Waals surface area contributed by atoms with Gasteiger partial charge in [0.1, 0.15) is 29.5 Å². The number of carbonyl (C=O) groups is 4. The van der Waals surface area contributed by atoms with Crippen LogP contribution in [0.2, 0.25) is 0 Å². The van der Waals surface area contributed by atoms with Gasteiger partial charge in [-0.1, -0.05) is 74.7 Å². The van der Waals surface area contributed by atoms with Crippen LogP contribution in [0.25, 0.3) is 21.5 Å². The van der Waals surface area contributed by atoms with Crippen LogP contribution in [-0.2, 0) is 9.59 Å². The van der Waals surface area contributed by atoms with Gasteiger partial charge in [-0.15, -0.1) is 0 Å². The highest BCUT2D eigenvalue weighted by Gasteiger charge is 2.25. The number of carbonyl (C=O) groups excluding carboxylic acids is 4. The zero-order chi connectivity index (χ0) is 37.6. The molecule has 13 nitrogen and oxygen atoms in total. The number of fused-ring (bicyclic) bond motifs is 2. The highest BCUT2D eigenvalue weighted by Crippen LogP contribution is 2.21. The average Bonchev–Trinajstić information content (AvgIpc) is 3.17. The number of hydrogen-bond acceptors (Lipinski definition) is 9. The second-order valence-corrected chi connectivity index (χ2v) is 12.5. The predicted octanol–water partition coefficient (Wildman–Crippen LogP) is 4.98. The molecular weight excluding hydrogens is 676 g/mol. The van der Waals surface area contributed by atoms with Crippen molar-refractivity contribution in [3.05, 3.63) is 102 Å². The fourth-order valence-electron chi connectivity index (χ4n) is 5.67. The third-order valence-electron chi connectivity index (χ3n) is 8.54. The van der Waals surface area contributed by atoms with Crippen molar-refractivity contribution in [3.63, 3.8) is 0 Å². The van der Waals surface area contributed by atoms with Crippen molar-refractivity contribution in [2.45, 2.75) is 57.5 Å². The summed E-state index contributed by atoms with van der Waals surface area (Å²) in [4.78, 5) is 62.5. The summed E-state index contributed by atoms with van der Waals surface area (Å²) in [7, 11) is 0. The first-order valence-corrected chi connectivity index (χ1v) is 17.7. The molecule has 0 spiro atoms. The topological polar surface area (TPSA) is 192 Å². The van der Waals surface area contributed by atoms with Crippen molar-refractivity contribution in [3.8, 4) is 5.75 Å². The maximum atomic E-state index is 13.7. The molecule has 0 unspecified atom stereocenters. The van der Waals surface area contributed by atoms with Crippen molar-refractivity contribution in [1.29, 1.82) is 0 Å². The van der Waals surface area contributed by atoms with Gasteiger partial charge < -0.3 is 36.2 Å². The number of amides is 4. The molecule has 2 atom stereocenters. The molecule has 2 heterocycles. The lowest BCUT2D eigenvalue weighted by Crippen LogP contribution is -2.45. The lowest BCUT2D eigenvalue weighted by molar-refractivity contribution is -0.119. The second-order valence-electron chi connectivity index (χ2n) is 12.5. The van der Waals surface area contributed by atoms with Gasteiger partial charge in [0.05, 0.1) is 6.61 Å². The number of hydrogen-bond donors (Lipinski definition) is 6. The van der Waals surface area contributed by atoms with Gasteiger partial charge in [-0.25, -0.2) is 9.97 Å². The van der Waals surface area contributed by atoms with Crippen LogP contribution < -0.4 is 26.0 Å². The van der Waals surface area contributed by atoms with E-state index in [0.717, 1.165) is 47.2 Å². The van der Waals surface area contributed by atoms with Crippen LogP contribution in [0.4, 0.5) is 11.6 Å². The Morgan fingerprint density at radius 2 is 1.11 bits per heavy atom. The fraction of sp³-hybridized carbons (Fsp3) is 0.300. The minimum Gasteiger partial charge on any atom is -0.494 e. The Kier molecular flexibility index (Phi) is 13.8. The molecule has 0 saturated heterocycles. The van der Waals surface area contributed by atoms with Crippen LogP contribution in [0, 0.1) is 0 Å². The highest BCUT2D eigenvalue weighted by atomic mass is 16.5. The van der Waals surface area contributed by atoms with Crippen molar-refractivity contribution >= 4 is 56.8 Å². The van der Waals surface area contributed by atoms with Gasteiger partial charge in [0.25, 0.3) is 11.8 Å². The lowest BCUT2D eigenvalue weighted by atomic mass is 10.1. The van der Waals surface area contributed by atoms with Crippen molar-refractivity contribution in [1.82, 2.24) is 20.6 Å². The zero-order valence-electron chi connectivity index (χ0n) is 29.5. The Labute approximate surface area is 307 Å². The molecule has 0 radical (unpaired) electrons. The van der Waals surface area contributed by atoms with E-state index in [1.54, 1.807) is 24.5 Å². The molecule has 5 aromatic rings. The predicted molar refractivity (Wildman–Crippen MR) is 203 cm³/mol. The summed E-state index contributed by atoms with van der Waals surface area (Å²) in [6.07, 6.45) is 6.85. The first-order valence-electron chi connectivity index (χ1n) is 17.7. The average molecular weight is 721 g/mol. The molecular formula is C40H44N6O7. The molecule has 5 rings (SSSR count). The molecule has 0 aliphatic carbocycles. The number of nitrogens with one attached hydrogen (secondary N) is 4. The molecule has 2 aromatic heterocycles. The quantitative estimate of drug-likeness (QED) is 0.0678. The Balaban J connectivity index is 1.33. The summed E-state index contributed by atoms with van der Waals surface area (Å²) in [6, 6.07) is 20.4. The van der Waals surface area contributed by atoms with E-state index in [4.69, 9.17) is 4.74 Å². The summed E-state index contributed by atoms with van der Waals surface area (Å²) < 4.78 is 5.95. The maximum absolute atomic E-state index is 13.7. The standard InChI is InChI=1S/C40H44N6O7/c1-2-3-4-9-18-53-32-20-30(37(49)43-33(14-16-47)39(51)45-35-22-26-10-5-7-12-28(26)24-41-35)19-31(21-32)38(50)44-34(15-17-48)40(52)46-36-23-27-11-6-8-13-29(27)25-42-36/h5-8,10-13,19-25,33-34,47-48H,2-4,9,14-18H2,1H3,(H,43,49)(H,44,50)(H,41,45,51)(H,42,46,52)/t33-,34-/m0/s1. The first-order chi connectivity index (χ1) is 25.8. The maximum Gasteiger partial charge on any atom is 0.252 e. The van der Waals surface area contributed by atoms with Crippen LogP contribution >= 0.6 is 0 Å². The molecule has 13 heteroatoms. The van der Waals surface area contributed by atoms with E-state index in [9.17, 15) is 29.4 Å². The molecule has 53 heavy (non-hydrogen) atoms. The molecule has 0 bridgehead atoms. The van der Waals surface area contributed by atoms with E-state index in [2.05, 4.69) is 38.2 Å². The smallest absolute Gasteiger partial charge is 0.252 e. The molecule has 0 aliphatic heterocycles. The van der Waals surface area contributed by atoms with Crippen molar-refractivity contribution in [2.24, 2.45) is 0 Å². The fourth-order valence-corrected chi connectivity index (χ4v) is 5.67. The minimum absolute atomic E-state index is 0.0179. The number of pyridine rings is 2. The Morgan fingerprint density at radius 3 is 1.57 bits per heavy atom. The van der Waals surface area contributed by atoms with Gasteiger partial charge in [0.15, 0.2) is 0 Å². The van der Waals surface area contributed by atoms with Gasteiger partial charge in [-0.3, -0.25) is 19.2 Å². The molecule has 3 aromatic carbocycles. The number of ether oxygens (including phenoxy) is 1. The molecule has 0 saturated carbocycles. The van der Waals surface area contributed by atoms with Crippen molar-refractivity contribution < 1.29 is 34.1 Å². The van der Waals surface area contributed by atoms with Crippen LogP contribution in [0.3, 0.4) is 0 Å². The van der Waals surface area contributed by atoms with Gasteiger partial charge >= 0.3 is 0 Å². The van der Waals surface area contributed by atoms with E-state index in [1.807, 2.05) is 48.5 Å². The zero-order valence-corrected chi connectivity index (χ0v) is 29.5. The van der Waals surface area contributed by atoms with Gasteiger partial charge in [0, 0.05) is 47.5 Å². The first kappa shape index (κ1) is 38.3. The number of benzene rings is 3. The monoisotopic (exact) mass is 720 g/mol. The van der Waals surface area contributed by atoms with E-state index in [0.29, 0.717) is 6.61 Å². The van der Waals surface area contributed by atoms with E-state index >= 15 is 0 Å². The van der Waals surface area contributed by atoms with E-state index in [1.165, 1.54) is 18.2 Å². The molecule has 0 fully saturated rings. The number of rotatable bonds is 18. The normalized spacial score (nSPS) is 12.1. The SMILES string of the molecule is CCCCCCOc1cc(C(=O)N[C@@H](CCO)C(=O)Nc2cc3ccccc3cn2)cc(C(=O)N[C@@H](CCO)C(=O)Nc2cc3ccccc3cn2)c1. The van der Waals surface area contributed by atoms with E-state index < -0.39 is 35.7 Å². The van der Waals surface area contributed by atoms with Crippen LogP contribution in [-0.4, -0.2) is 75.7 Å². The van der Waals surface area contributed by atoms with Crippen LogP contribution in [0.15, 0.2) is 91.3 Å². The molecule has 4 amide bonds. The van der Waals surface area contributed by atoms with E-state index in [-0.39, 0.29) is 54.6 Å². The van der Waals surface area contributed by atoms with Gasteiger partial charge in [-0.2, -0.15) is 0 Å². The lowest BCUT2D eigenvalue weighted by Gasteiger charge is -2.19. The van der Waals surface area contributed by atoms with Crippen molar-refractivity contribution in [2.75, 3.05) is 30.5 Å². The van der Waals surface area contributed by atoms with Crippen LogP contribution in [0.1, 0.15) is 66.2 Å². The number of aliphatic hydroxyl groups excluding tert-OH is 2. The van der Waals surface area contributed by atoms with Gasteiger partial charge in [0.2, 0.25) is 11.8 Å². The second kappa shape index (κ2) is 19.1. The number of anilines is 2. The number of aliphatic hydroxyl groups is 2. The highest BCUT2D eigenvalue weighted by molar-refractivity contribution is 6.05. The molecule has 0 aliphatic rings. The summed E-state index contributed by atoms with van der Waals surface area (Å²) in [5, 5.41) is 33.7. The number of unbranched alkanes of at least 4 members (excludes halogenated alkanes) is 3. The largest absolute Gasteiger partial charge is 0.494 e. The summed E-state index contributed by atoms with van der Waals surface area (Å²) >= 11 is 0. The Hall–Kier alpha value is -5.92. The third-order valence-corrected chi connectivity index (χ3v) is 8.54. The molecule has 276 valence electrons. The molecule has 6 N–H and O–H groups in total. The third kappa shape index (κ3) is 10.8. The Morgan fingerprint density at radius 1 is 0.642 bits per heavy atom. The summed E-state index contributed by atoms with van der Waals surface area (Å²) in [5.74, 6) is -1.76. The number of aromatic nitrogens is 2. The number of nitrogens with zero attached hydrogens (tertiary/aromatic N) is 2.